The highest BCUT2D eigenvalue weighted by atomic mass is 127. The van der Waals surface area contributed by atoms with Crippen molar-refractivity contribution in [2.75, 3.05) is 11.4 Å². The largest absolute Gasteiger partial charge is 1.00 e. The molecule has 144 valence electrons. The fraction of sp³-hybridized carbons (Fsp3) is 0.208. The Labute approximate surface area is 188 Å². The molecule has 0 spiro atoms. The Morgan fingerprint density at radius 3 is 2.43 bits per heavy atom. The molecule has 1 aromatic heterocycles. The van der Waals surface area contributed by atoms with Gasteiger partial charge in [-0.3, -0.25) is 0 Å². The highest BCUT2D eigenvalue weighted by Crippen LogP contribution is 2.32. The van der Waals surface area contributed by atoms with Crippen LogP contribution in [0.2, 0.25) is 0 Å². The lowest BCUT2D eigenvalue weighted by Gasteiger charge is -2.29. The second-order valence-electron chi connectivity index (χ2n) is 7.09. The number of anilines is 1. The lowest BCUT2D eigenvalue weighted by atomic mass is 10.0. The zero-order valence-electron chi connectivity index (χ0n) is 16.7. The van der Waals surface area contributed by atoms with Crippen molar-refractivity contribution in [3.63, 3.8) is 0 Å². The smallest absolute Gasteiger partial charge is 0.264 e. The molecular weight excluding hydrogens is 475 g/mol. The first kappa shape index (κ1) is 20.8. The molecule has 0 amide bonds. The van der Waals surface area contributed by atoms with Crippen LogP contribution >= 0.6 is 11.3 Å². The van der Waals surface area contributed by atoms with E-state index in [0.717, 1.165) is 6.54 Å². The summed E-state index contributed by atoms with van der Waals surface area (Å²) in [7, 11) is 2.15. The number of benzene rings is 2. The molecule has 0 radical (unpaired) electrons. The highest BCUT2D eigenvalue weighted by molar-refractivity contribution is 7.10. The number of halogens is 1. The zero-order valence-corrected chi connectivity index (χ0v) is 19.7. The fourth-order valence-electron chi connectivity index (χ4n) is 3.57. The number of allylic oxidation sites excluding steroid dienone is 1. The Morgan fingerprint density at radius 1 is 1.00 bits per heavy atom. The first-order chi connectivity index (χ1) is 13.1. The first-order valence-corrected chi connectivity index (χ1v) is 10.3. The fourth-order valence-corrected chi connectivity index (χ4v) is 4.54. The van der Waals surface area contributed by atoms with Gasteiger partial charge in [-0.2, -0.15) is 4.57 Å². The van der Waals surface area contributed by atoms with Crippen molar-refractivity contribution in [2.45, 2.75) is 20.8 Å². The molecule has 0 unspecified atom stereocenters. The number of aryl methyl sites for hydroxylation is 2. The summed E-state index contributed by atoms with van der Waals surface area (Å²) in [6.45, 7) is 7.43. The summed E-state index contributed by atoms with van der Waals surface area (Å²) in [5.74, 6) is 0. The van der Waals surface area contributed by atoms with Crippen LogP contribution in [0.25, 0.3) is 23.4 Å². The van der Waals surface area contributed by atoms with Gasteiger partial charge in [0.25, 0.3) is 5.01 Å². The molecular formula is C24H25IN2S. The molecule has 0 saturated heterocycles. The number of likely N-dealkylation sites (N-methyl/N-ethyl adjacent to an activating group) is 1. The minimum atomic E-state index is 0. The van der Waals surface area contributed by atoms with Crippen molar-refractivity contribution >= 4 is 29.2 Å². The topological polar surface area (TPSA) is 7.12 Å². The van der Waals surface area contributed by atoms with E-state index in [1.807, 2.05) is 0 Å². The maximum absolute atomic E-state index is 2.39. The van der Waals surface area contributed by atoms with E-state index >= 15 is 0 Å². The summed E-state index contributed by atoms with van der Waals surface area (Å²) in [4.78, 5) is 2.39. The quantitative estimate of drug-likeness (QED) is 0.397. The number of fused-ring (bicyclic) bond motifs is 1. The summed E-state index contributed by atoms with van der Waals surface area (Å²) in [6, 6.07) is 15.4. The van der Waals surface area contributed by atoms with Gasteiger partial charge in [0.1, 0.15) is 7.05 Å². The van der Waals surface area contributed by atoms with Crippen molar-refractivity contribution in [2.24, 2.45) is 7.05 Å². The summed E-state index contributed by atoms with van der Waals surface area (Å²) < 4.78 is 2.29. The zero-order chi connectivity index (χ0) is 19.0. The van der Waals surface area contributed by atoms with Gasteiger partial charge in [0.05, 0.1) is 5.38 Å². The molecule has 0 aliphatic carbocycles. The van der Waals surface area contributed by atoms with Crippen LogP contribution in [0.4, 0.5) is 5.69 Å². The van der Waals surface area contributed by atoms with Crippen LogP contribution in [0, 0.1) is 13.8 Å². The van der Waals surface area contributed by atoms with Gasteiger partial charge < -0.3 is 28.9 Å². The lowest BCUT2D eigenvalue weighted by Crippen LogP contribution is -3.00. The van der Waals surface area contributed by atoms with Crippen molar-refractivity contribution in [1.82, 2.24) is 0 Å². The molecule has 2 heterocycles. The van der Waals surface area contributed by atoms with Crippen molar-refractivity contribution in [3.8, 4) is 11.3 Å². The third kappa shape index (κ3) is 3.94. The Balaban J connectivity index is 0.00000225. The summed E-state index contributed by atoms with van der Waals surface area (Å²) in [5, 5.41) is 3.50. The number of hydrogen-bond donors (Lipinski definition) is 0. The summed E-state index contributed by atoms with van der Waals surface area (Å²) in [6.07, 6.45) is 6.76. The predicted molar refractivity (Wildman–Crippen MR) is 117 cm³/mol. The van der Waals surface area contributed by atoms with Crippen LogP contribution < -0.4 is 33.4 Å². The third-order valence-electron chi connectivity index (χ3n) is 5.14. The Morgan fingerprint density at radius 2 is 1.71 bits per heavy atom. The van der Waals surface area contributed by atoms with Crippen molar-refractivity contribution in [3.05, 3.63) is 81.3 Å². The van der Waals surface area contributed by atoms with Crippen LogP contribution in [0.1, 0.15) is 28.6 Å². The van der Waals surface area contributed by atoms with E-state index in [0.29, 0.717) is 0 Å². The molecule has 1 aliphatic heterocycles. The molecule has 28 heavy (non-hydrogen) atoms. The Bertz CT molecular complexity index is 1040. The van der Waals surface area contributed by atoms with E-state index in [4.69, 9.17) is 0 Å². The van der Waals surface area contributed by atoms with Gasteiger partial charge in [0, 0.05) is 29.6 Å². The molecule has 2 aromatic carbocycles. The minimum absolute atomic E-state index is 0. The number of thiazole rings is 1. The van der Waals surface area contributed by atoms with Gasteiger partial charge in [0.2, 0.25) is 5.69 Å². The van der Waals surface area contributed by atoms with Crippen molar-refractivity contribution in [1.29, 1.82) is 0 Å². The van der Waals surface area contributed by atoms with Crippen LogP contribution in [-0.4, -0.2) is 6.54 Å². The monoisotopic (exact) mass is 500 g/mol. The molecule has 0 N–H and O–H groups in total. The van der Waals surface area contributed by atoms with Gasteiger partial charge in [-0.15, -0.1) is 0 Å². The van der Waals surface area contributed by atoms with Gasteiger partial charge in [-0.1, -0.05) is 46.7 Å². The average Bonchev–Trinajstić information content (AvgIpc) is 3.03. The maximum atomic E-state index is 2.39. The van der Waals surface area contributed by atoms with Crippen LogP contribution in [0.5, 0.6) is 0 Å². The Kier molecular flexibility index (Phi) is 6.40. The molecule has 0 fully saturated rings. The second-order valence-corrected chi connectivity index (χ2v) is 7.98. The minimum Gasteiger partial charge on any atom is -1.00 e. The first-order valence-electron chi connectivity index (χ1n) is 9.39. The van der Waals surface area contributed by atoms with E-state index < -0.39 is 0 Å². The molecule has 4 rings (SSSR count). The van der Waals surface area contributed by atoms with Crippen LogP contribution in [0.3, 0.4) is 0 Å². The van der Waals surface area contributed by atoms with Gasteiger partial charge in [-0.25, -0.2) is 0 Å². The Hall–Kier alpha value is -1.92. The summed E-state index contributed by atoms with van der Waals surface area (Å²) in [5.41, 5.74) is 8.93. The van der Waals surface area contributed by atoms with Crippen LogP contribution in [-0.2, 0) is 7.05 Å². The second kappa shape index (κ2) is 8.62. The molecule has 3 aromatic rings. The van der Waals surface area contributed by atoms with E-state index in [1.54, 1.807) is 11.3 Å². The van der Waals surface area contributed by atoms with E-state index in [2.05, 4.69) is 103 Å². The number of rotatable bonds is 3. The SMILES string of the molecule is CCN1C(=Cc2scc(-c3ccc(C)cc3)[n+]2C)C=Cc2cc(C)ccc21.[I-]. The average molecular weight is 500 g/mol. The third-order valence-corrected chi connectivity index (χ3v) is 6.11. The van der Waals surface area contributed by atoms with Gasteiger partial charge in [-0.05, 0) is 56.7 Å². The predicted octanol–water partition coefficient (Wildman–Crippen LogP) is 2.75. The van der Waals surface area contributed by atoms with Gasteiger partial charge in [0.15, 0.2) is 0 Å². The maximum Gasteiger partial charge on any atom is 0.264 e. The highest BCUT2D eigenvalue weighted by Gasteiger charge is 2.20. The van der Waals surface area contributed by atoms with Gasteiger partial charge >= 0.3 is 0 Å². The van der Waals surface area contributed by atoms with E-state index in [1.165, 1.54) is 44.3 Å². The summed E-state index contributed by atoms with van der Waals surface area (Å²) >= 11 is 1.79. The van der Waals surface area contributed by atoms with E-state index in [9.17, 15) is 0 Å². The van der Waals surface area contributed by atoms with E-state index in [-0.39, 0.29) is 24.0 Å². The molecule has 2 nitrogen and oxygen atoms in total. The molecule has 4 heteroatoms. The standard InChI is InChI=1S/C24H25N2S.HI/c1-5-26-21(12-11-20-14-18(3)8-13-22(20)26)15-24-25(4)23(16-27-24)19-9-6-17(2)7-10-19;/h6-16H,5H2,1-4H3;1H/q+1;/p-1. The number of nitrogens with zero attached hydrogens (tertiary/aromatic N) is 2. The molecule has 0 bridgehead atoms. The molecule has 0 saturated carbocycles. The number of aromatic nitrogens is 1. The van der Waals surface area contributed by atoms with Crippen molar-refractivity contribution < 1.29 is 28.5 Å². The normalized spacial score (nSPS) is 14.1. The lowest BCUT2D eigenvalue weighted by molar-refractivity contribution is -0.657. The number of hydrogen-bond acceptors (Lipinski definition) is 2. The molecule has 0 atom stereocenters. The van der Waals surface area contributed by atoms with Crippen LogP contribution in [0.15, 0.2) is 59.6 Å². The molecule has 1 aliphatic rings.